The topological polar surface area (TPSA) is 34.1 Å². The van der Waals surface area contributed by atoms with Crippen molar-refractivity contribution in [1.29, 1.82) is 0 Å². The molecule has 1 aromatic rings. The quantitative estimate of drug-likeness (QED) is 0.747. The third-order valence-corrected chi connectivity index (χ3v) is 2.85. The van der Waals surface area contributed by atoms with Crippen LogP contribution < -0.4 is 10.1 Å². The Bertz CT molecular complexity index is 357. The number of alkyl halides is 3. The molecule has 1 rings (SSSR count). The van der Waals surface area contributed by atoms with Crippen LogP contribution in [0.4, 0.5) is 13.2 Å². The molecular formula is C12H17F3N2OS. The molecule has 0 unspecified atom stereocenters. The molecule has 1 N–H and O–H groups in total. The highest BCUT2D eigenvalue weighted by Crippen LogP contribution is 2.29. The lowest BCUT2D eigenvalue weighted by Crippen LogP contribution is -2.14. The van der Waals surface area contributed by atoms with Gasteiger partial charge in [0.2, 0.25) is 0 Å². The molecular weight excluding hydrogens is 277 g/mol. The van der Waals surface area contributed by atoms with Gasteiger partial charge in [0.15, 0.2) is 0 Å². The number of aromatic nitrogens is 1. The number of halogens is 3. The van der Waals surface area contributed by atoms with E-state index in [1.807, 2.05) is 0 Å². The van der Waals surface area contributed by atoms with Crippen LogP contribution >= 0.6 is 11.8 Å². The van der Waals surface area contributed by atoms with Crippen LogP contribution in [0.2, 0.25) is 0 Å². The molecule has 0 aromatic carbocycles. The van der Waals surface area contributed by atoms with E-state index in [1.165, 1.54) is 6.20 Å². The van der Waals surface area contributed by atoms with Crippen molar-refractivity contribution in [3.05, 3.63) is 24.0 Å². The highest BCUT2D eigenvalue weighted by molar-refractivity contribution is 8.00. The van der Waals surface area contributed by atoms with Gasteiger partial charge in [-0.15, -0.1) is 0 Å². The summed E-state index contributed by atoms with van der Waals surface area (Å²) >= 11 is -0.0859. The first-order valence-electron chi connectivity index (χ1n) is 6.00. The van der Waals surface area contributed by atoms with Crippen molar-refractivity contribution >= 4 is 11.8 Å². The Kier molecular flexibility index (Phi) is 7.01. The summed E-state index contributed by atoms with van der Waals surface area (Å²) in [6.07, 6.45) is 2.58. The number of rotatable bonds is 8. The molecule has 0 aliphatic carbocycles. The smallest absolute Gasteiger partial charge is 0.441 e. The number of nitrogens with one attached hydrogen (secondary N) is 1. The van der Waals surface area contributed by atoms with Crippen molar-refractivity contribution in [3.63, 3.8) is 0 Å². The minimum atomic E-state index is -4.20. The summed E-state index contributed by atoms with van der Waals surface area (Å²) in [5.41, 5.74) is -3.32. The molecule has 0 fully saturated rings. The van der Waals surface area contributed by atoms with Crippen molar-refractivity contribution in [2.45, 2.75) is 25.4 Å². The van der Waals surface area contributed by atoms with Gasteiger partial charge in [0.1, 0.15) is 5.75 Å². The van der Waals surface area contributed by atoms with E-state index in [-0.39, 0.29) is 24.1 Å². The van der Waals surface area contributed by atoms with E-state index >= 15 is 0 Å². The van der Waals surface area contributed by atoms with Gasteiger partial charge in [0.05, 0.1) is 18.5 Å². The highest BCUT2D eigenvalue weighted by atomic mass is 32.2. The molecule has 1 heterocycles. The fraction of sp³-hybridized carbons (Fsp3) is 0.583. The van der Waals surface area contributed by atoms with Crippen molar-refractivity contribution in [1.82, 2.24) is 10.3 Å². The van der Waals surface area contributed by atoms with Crippen molar-refractivity contribution < 1.29 is 17.9 Å². The number of hydrogen-bond donors (Lipinski definition) is 1. The Balaban J connectivity index is 2.24. The lowest BCUT2D eigenvalue weighted by atomic mass is 10.3. The average molecular weight is 294 g/mol. The summed E-state index contributed by atoms with van der Waals surface area (Å²) in [5, 5.41) is 3.21. The molecule has 0 amide bonds. The standard InChI is InChI=1S/C12H17F3N2OS/c1-2-5-16-8-10-3-4-11(9-17-10)18-6-7-19-12(13,14)15/h3-4,9,16H,2,5-8H2,1H3. The second-order valence-corrected chi connectivity index (χ2v) is 4.96. The SMILES string of the molecule is CCCNCc1ccc(OCCSC(F)(F)F)cn1. The number of thioether (sulfide) groups is 1. The van der Waals surface area contributed by atoms with E-state index in [2.05, 4.69) is 17.2 Å². The number of ether oxygens (including phenoxy) is 1. The molecule has 108 valence electrons. The Morgan fingerprint density at radius 1 is 1.37 bits per heavy atom. The zero-order valence-corrected chi connectivity index (χ0v) is 11.5. The molecule has 1 aromatic heterocycles. The highest BCUT2D eigenvalue weighted by Gasteiger charge is 2.27. The molecule has 0 saturated carbocycles. The maximum atomic E-state index is 11.9. The monoisotopic (exact) mass is 294 g/mol. The maximum Gasteiger partial charge on any atom is 0.441 e. The lowest BCUT2D eigenvalue weighted by molar-refractivity contribution is -0.0329. The van der Waals surface area contributed by atoms with Gasteiger partial charge in [-0.3, -0.25) is 4.98 Å². The maximum absolute atomic E-state index is 11.9. The molecule has 0 aliphatic heterocycles. The zero-order chi connectivity index (χ0) is 14.1. The zero-order valence-electron chi connectivity index (χ0n) is 10.7. The molecule has 0 saturated heterocycles. The van der Waals surface area contributed by atoms with Gasteiger partial charge in [0.25, 0.3) is 0 Å². The Hall–Kier alpha value is -0.950. The summed E-state index contributed by atoms with van der Waals surface area (Å²) in [6, 6.07) is 3.52. The minimum absolute atomic E-state index is 0.0132. The molecule has 0 spiro atoms. The van der Waals surface area contributed by atoms with E-state index in [0.29, 0.717) is 12.3 Å². The summed E-state index contributed by atoms with van der Waals surface area (Å²) in [4.78, 5) is 4.16. The van der Waals surface area contributed by atoms with Crippen LogP contribution in [0.3, 0.4) is 0 Å². The molecule has 7 heteroatoms. The van der Waals surface area contributed by atoms with Crippen LogP contribution in [0.15, 0.2) is 18.3 Å². The van der Waals surface area contributed by atoms with Crippen LogP contribution in [-0.2, 0) is 6.54 Å². The molecule has 0 atom stereocenters. The predicted molar refractivity (Wildman–Crippen MR) is 70.2 cm³/mol. The van der Waals surface area contributed by atoms with E-state index in [0.717, 1.165) is 18.7 Å². The number of pyridine rings is 1. The predicted octanol–water partition coefficient (Wildman–Crippen LogP) is 3.21. The van der Waals surface area contributed by atoms with Crippen LogP contribution in [0.25, 0.3) is 0 Å². The van der Waals surface area contributed by atoms with Gasteiger partial charge in [-0.25, -0.2) is 0 Å². The van der Waals surface area contributed by atoms with Crippen molar-refractivity contribution in [3.8, 4) is 5.75 Å². The molecule has 19 heavy (non-hydrogen) atoms. The Morgan fingerprint density at radius 2 is 2.16 bits per heavy atom. The average Bonchev–Trinajstić information content (AvgIpc) is 2.36. The van der Waals surface area contributed by atoms with Crippen LogP contribution in [-0.4, -0.2) is 29.4 Å². The fourth-order valence-corrected chi connectivity index (χ4v) is 1.71. The summed E-state index contributed by atoms with van der Waals surface area (Å²) in [5.74, 6) is 0.366. The van der Waals surface area contributed by atoms with E-state index < -0.39 is 5.51 Å². The van der Waals surface area contributed by atoms with Gasteiger partial charge in [-0.2, -0.15) is 13.2 Å². The fourth-order valence-electron chi connectivity index (χ4n) is 1.31. The van der Waals surface area contributed by atoms with Gasteiger partial charge in [0, 0.05) is 12.3 Å². The Morgan fingerprint density at radius 3 is 2.74 bits per heavy atom. The van der Waals surface area contributed by atoms with E-state index in [1.54, 1.807) is 12.1 Å². The molecule has 0 bridgehead atoms. The van der Waals surface area contributed by atoms with Gasteiger partial charge in [-0.05, 0) is 36.9 Å². The molecule has 0 aliphatic rings. The molecule has 3 nitrogen and oxygen atoms in total. The number of nitrogens with zero attached hydrogens (tertiary/aromatic N) is 1. The second kappa shape index (κ2) is 8.27. The van der Waals surface area contributed by atoms with Gasteiger partial charge < -0.3 is 10.1 Å². The third-order valence-electron chi connectivity index (χ3n) is 2.15. The van der Waals surface area contributed by atoms with E-state index in [9.17, 15) is 13.2 Å². The summed E-state index contributed by atoms with van der Waals surface area (Å²) in [6.45, 7) is 3.70. The van der Waals surface area contributed by atoms with Crippen LogP contribution in [0.5, 0.6) is 5.75 Å². The van der Waals surface area contributed by atoms with Crippen molar-refractivity contribution in [2.24, 2.45) is 0 Å². The summed E-state index contributed by atoms with van der Waals surface area (Å²) in [7, 11) is 0. The largest absolute Gasteiger partial charge is 0.491 e. The summed E-state index contributed by atoms with van der Waals surface area (Å²) < 4.78 is 40.8. The van der Waals surface area contributed by atoms with Crippen molar-refractivity contribution in [2.75, 3.05) is 18.9 Å². The van der Waals surface area contributed by atoms with Crippen LogP contribution in [0.1, 0.15) is 19.0 Å². The minimum Gasteiger partial charge on any atom is -0.491 e. The first kappa shape index (κ1) is 16.1. The number of hydrogen-bond acceptors (Lipinski definition) is 4. The first-order chi connectivity index (χ1) is 9.01. The van der Waals surface area contributed by atoms with Gasteiger partial charge >= 0.3 is 5.51 Å². The second-order valence-electron chi connectivity index (χ2n) is 3.80. The first-order valence-corrected chi connectivity index (χ1v) is 6.99. The van der Waals surface area contributed by atoms with Crippen LogP contribution in [0, 0.1) is 0 Å². The normalized spacial score (nSPS) is 11.6. The third kappa shape index (κ3) is 7.94. The Labute approximate surface area is 114 Å². The molecule has 0 radical (unpaired) electrons. The van der Waals surface area contributed by atoms with E-state index in [4.69, 9.17) is 4.74 Å². The lowest BCUT2D eigenvalue weighted by Gasteiger charge is -2.08. The van der Waals surface area contributed by atoms with Gasteiger partial charge in [-0.1, -0.05) is 6.92 Å².